The lowest BCUT2D eigenvalue weighted by Gasteiger charge is -2.07. The summed E-state index contributed by atoms with van der Waals surface area (Å²) < 4.78 is 6.18. The Morgan fingerprint density at radius 1 is 1.19 bits per heavy atom. The van der Waals surface area contributed by atoms with Gasteiger partial charge in [-0.25, -0.2) is 0 Å². The highest BCUT2D eigenvalue weighted by atomic mass is 79.9. The quantitative estimate of drug-likeness (QED) is 0.671. The first-order valence-electron chi connectivity index (χ1n) is 6.34. The van der Waals surface area contributed by atoms with Crippen molar-refractivity contribution in [3.63, 3.8) is 0 Å². The van der Waals surface area contributed by atoms with Crippen LogP contribution in [0.4, 0.5) is 5.88 Å². The molecule has 1 heterocycles. The van der Waals surface area contributed by atoms with Gasteiger partial charge < -0.3 is 10.3 Å². The molecule has 3 aromatic rings. The van der Waals surface area contributed by atoms with E-state index in [9.17, 15) is 0 Å². The van der Waals surface area contributed by atoms with Crippen LogP contribution in [0.2, 0.25) is 5.02 Å². The minimum absolute atomic E-state index is 0.294. The summed E-state index contributed by atoms with van der Waals surface area (Å²) >= 11 is 9.57. The van der Waals surface area contributed by atoms with E-state index in [-0.39, 0.29) is 0 Å². The predicted octanol–water partition coefficient (Wildman–Crippen LogP) is 5.32. The molecule has 0 radical (unpaired) electrons. The molecular weight excluding hydrogens is 352 g/mol. The molecule has 1 aromatic heterocycles. The standard InChI is InChI=1S/C16H12BrClN2O/c1-9-5-6-12(18)8-13(9)15-14(16(19)21-20-15)10-3-2-4-11(17)7-10/h2-8H,19H2,1H3. The lowest BCUT2D eigenvalue weighted by atomic mass is 9.98. The fraction of sp³-hybridized carbons (Fsp3) is 0.0625. The van der Waals surface area contributed by atoms with E-state index in [1.54, 1.807) is 0 Å². The van der Waals surface area contributed by atoms with Crippen LogP contribution in [0.5, 0.6) is 0 Å². The van der Waals surface area contributed by atoms with Gasteiger partial charge in [-0.1, -0.05) is 50.9 Å². The maximum absolute atomic E-state index is 6.10. The predicted molar refractivity (Wildman–Crippen MR) is 89.2 cm³/mol. The number of hydrogen-bond donors (Lipinski definition) is 1. The van der Waals surface area contributed by atoms with Gasteiger partial charge in [0.1, 0.15) is 5.69 Å². The van der Waals surface area contributed by atoms with Gasteiger partial charge in [0.2, 0.25) is 5.88 Å². The van der Waals surface area contributed by atoms with Gasteiger partial charge >= 0.3 is 0 Å². The summed E-state index contributed by atoms with van der Waals surface area (Å²) in [5.74, 6) is 0.294. The minimum atomic E-state index is 0.294. The molecule has 0 unspecified atom stereocenters. The van der Waals surface area contributed by atoms with Crippen LogP contribution in [0.25, 0.3) is 22.4 Å². The molecule has 3 rings (SSSR count). The Hall–Kier alpha value is -1.78. The molecule has 0 fully saturated rings. The van der Waals surface area contributed by atoms with Crippen molar-refractivity contribution in [1.29, 1.82) is 0 Å². The number of rotatable bonds is 2. The lowest BCUT2D eigenvalue weighted by Crippen LogP contribution is -1.89. The fourth-order valence-corrected chi connectivity index (χ4v) is 2.83. The fourth-order valence-electron chi connectivity index (χ4n) is 2.26. The van der Waals surface area contributed by atoms with Gasteiger partial charge in [0.25, 0.3) is 0 Å². The van der Waals surface area contributed by atoms with Crippen molar-refractivity contribution in [2.45, 2.75) is 6.92 Å². The third-order valence-corrected chi connectivity index (χ3v) is 4.01. The lowest BCUT2D eigenvalue weighted by molar-refractivity contribution is 0.439. The average molecular weight is 364 g/mol. The Labute approximate surface area is 135 Å². The van der Waals surface area contributed by atoms with Crippen LogP contribution in [0, 0.1) is 6.92 Å². The van der Waals surface area contributed by atoms with E-state index in [4.69, 9.17) is 21.9 Å². The molecule has 21 heavy (non-hydrogen) atoms. The number of nitrogens with two attached hydrogens (primary N) is 1. The Morgan fingerprint density at radius 2 is 2.00 bits per heavy atom. The van der Waals surface area contributed by atoms with E-state index in [1.165, 1.54) is 0 Å². The molecule has 2 aromatic carbocycles. The number of anilines is 1. The highest BCUT2D eigenvalue weighted by Crippen LogP contribution is 2.38. The van der Waals surface area contributed by atoms with Crippen molar-refractivity contribution in [1.82, 2.24) is 5.16 Å². The molecule has 0 saturated carbocycles. The zero-order valence-corrected chi connectivity index (χ0v) is 13.6. The Morgan fingerprint density at radius 3 is 2.76 bits per heavy atom. The number of nitrogens with zero attached hydrogens (tertiary/aromatic N) is 1. The number of halogens is 2. The van der Waals surface area contributed by atoms with Crippen molar-refractivity contribution >= 4 is 33.4 Å². The van der Waals surface area contributed by atoms with Crippen LogP contribution in [-0.4, -0.2) is 5.16 Å². The van der Waals surface area contributed by atoms with Gasteiger partial charge in [-0.2, -0.15) is 0 Å². The molecule has 0 bridgehead atoms. The highest BCUT2D eigenvalue weighted by Gasteiger charge is 2.19. The molecule has 0 saturated heterocycles. The zero-order chi connectivity index (χ0) is 15.0. The van der Waals surface area contributed by atoms with E-state index >= 15 is 0 Å². The molecule has 0 amide bonds. The second kappa shape index (κ2) is 5.54. The molecule has 0 spiro atoms. The summed E-state index contributed by atoms with van der Waals surface area (Å²) in [5, 5.41) is 4.77. The van der Waals surface area contributed by atoms with Gasteiger partial charge in [-0.15, -0.1) is 0 Å². The van der Waals surface area contributed by atoms with Crippen LogP contribution in [0.1, 0.15) is 5.56 Å². The third-order valence-electron chi connectivity index (χ3n) is 3.29. The summed E-state index contributed by atoms with van der Waals surface area (Å²) in [6.45, 7) is 2.00. The number of aromatic nitrogens is 1. The van der Waals surface area contributed by atoms with E-state index in [0.717, 1.165) is 26.7 Å². The second-order valence-corrected chi connectivity index (χ2v) is 6.09. The Bertz CT molecular complexity index is 814. The van der Waals surface area contributed by atoms with Crippen LogP contribution in [-0.2, 0) is 0 Å². The monoisotopic (exact) mass is 362 g/mol. The molecule has 0 aliphatic carbocycles. The minimum Gasteiger partial charge on any atom is -0.367 e. The van der Waals surface area contributed by atoms with Crippen LogP contribution in [0.3, 0.4) is 0 Å². The van der Waals surface area contributed by atoms with E-state index in [1.807, 2.05) is 49.4 Å². The molecule has 5 heteroatoms. The molecule has 0 aliphatic heterocycles. The summed E-state index contributed by atoms with van der Waals surface area (Å²) in [6.07, 6.45) is 0. The van der Waals surface area contributed by atoms with E-state index < -0.39 is 0 Å². The first kappa shape index (κ1) is 14.2. The molecule has 106 valence electrons. The van der Waals surface area contributed by atoms with E-state index in [2.05, 4.69) is 21.1 Å². The van der Waals surface area contributed by atoms with Crippen molar-refractivity contribution in [2.75, 3.05) is 5.73 Å². The molecule has 0 atom stereocenters. The molecule has 0 aliphatic rings. The third kappa shape index (κ3) is 2.69. The topological polar surface area (TPSA) is 52.0 Å². The van der Waals surface area contributed by atoms with Gasteiger partial charge in [0.15, 0.2) is 0 Å². The van der Waals surface area contributed by atoms with Gasteiger partial charge in [-0.05, 0) is 42.3 Å². The maximum Gasteiger partial charge on any atom is 0.230 e. The van der Waals surface area contributed by atoms with Crippen LogP contribution in [0.15, 0.2) is 51.5 Å². The molecular formula is C16H12BrClN2O. The SMILES string of the molecule is Cc1ccc(Cl)cc1-c1noc(N)c1-c1cccc(Br)c1. The van der Waals surface area contributed by atoms with Crippen molar-refractivity contribution < 1.29 is 4.52 Å². The van der Waals surface area contributed by atoms with E-state index in [0.29, 0.717) is 16.6 Å². The number of nitrogen functional groups attached to an aromatic ring is 1. The second-order valence-electron chi connectivity index (χ2n) is 4.74. The summed E-state index contributed by atoms with van der Waals surface area (Å²) in [5.41, 5.74) is 10.4. The van der Waals surface area contributed by atoms with Gasteiger partial charge in [0.05, 0.1) is 5.56 Å². The Balaban J connectivity index is 2.24. The Kier molecular flexibility index (Phi) is 3.74. The van der Waals surface area contributed by atoms with Crippen molar-refractivity contribution in [3.8, 4) is 22.4 Å². The normalized spacial score (nSPS) is 10.8. The van der Waals surface area contributed by atoms with Crippen molar-refractivity contribution in [2.24, 2.45) is 0 Å². The molecule has 2 N–H and O–H groups in total. The first-order chi connectivity index (χ1) is 10.1. The first-order valence-corrected chi connectivity index (χ1v) is 7.51. The summed E-state index contributed by atoms with van der Waals surface area (Å²) in [6, 6.07) is 13.5. The van der Waals surface area contributed by atoms with Crippen molar-refractivity contribution in [3.05, 3.63) is 57.5 Å². The number of hydrogen-bond acceptors (Lipinski definition) is 3. The van der Waals surface area contributed by atoms with Gasteiger partial charge in [-0.3, -0.25) is 0 Å². The maximum atomic E-state index is 6.10. The summed E-state index contributed by atoms with van der Waals surface area (Å²) in [4.78, 5) is 0. The smallest absolute Gasteiger partial charge is 0.230 e. The number of aryl methyl sites for hydroxylation is 1. The molecule has 3 nitrogen and oxygen atoms in total. The summed E-state index contributed by atoms with van der Waals surface area (Å²) in [7, 11) is 0. The average Bonchev–Trinajstić information content (AvgIpc) is 2.83. The van der Waals surface area contributed by atoms with Crippen LogP contribution >= 0.6 is 27.5 Å². The zero-order valence-electron chi connectivity index (χ0n) is 11.2. The highest BCUT2D eigenvalue weighted by molar-refractivity contribution is 9.10. The van der Waals surface area contributed by atoms with Crippen LogP contribution < -0.4 is 5.73 Å². The largest absolute Gasteiger partial charge is 0.367 e. The van der Waals surface area contributed by atoms with Gasteiger partial charge in [0, 0.05) is 15.1 Å². The number of benzene rings is 2.